The third kappa shape index (κ3) is 18.4. The summed E-state index contributed by atoms with van der Waals surface area (Å²) >= 11 is 0. The van der Waals surface area contributed by atoms with Crippen molar-refractivity contribution in [1.82, 2.24) is 0 Å². The van der Waals surface area contributed by atoms with Crippen molar-refractivity contribution in [3.05, 3.63) is 192 Å². The molecule has 7 aromatic carbocycles. The van der Waals surface area contributed by atoms with Gasteiger partial charge in [0.15, 0.2) is 5.78 Å². The summed E-state index contributed by atoms with van der Waals surface area (Å²) < 4.78 is 22.1. The van der Waals surface area contributed by atoms with Crippen molar-refractivity contribution in [2.45, 2.75) is 44.9 Å². The van der Waals surface area contributed by atoms with Gasteiger partial charge in [-0.3, -0.25) is 4.79 Å². The zero-order chi connectivity index (χ0) is 50.6. The van der Waals surface area contributed by atoms with E-state index in [2.05, 4.69) is 17.8 Å². The molecule has 0 radical (unpaired) electrons. The first-order chi connectivity index (χ1) is 34.5. The van der Waals surface area contributed by atoms with Crippen LogP contribution >= 0.6 is 0 Å². The first kappa shape index (κ1) is 52.8. The number of Topliss-reactive ketones (excluding diaryl/α,β-unsaturated/α-hetero) is 1. The van der Waals surface area contributed by atoms with Gasteiger partial charge in [0.05, 0.1) is 30.9 Å². The number of carboxylic acid groups (broad SMARTS) is 1. The number of carbonyl (C=O) groups is 3. The average molecular weight is 947 g/mol. The number of rotatable bonds is 20. The van der Waals surface area contributed by atoms with Crippen molar-refractivity contribution in [1.29, 1.82) is 0 Å². The van der Waals surface area contributed by atoms with Crippen LogP contribution in [-0.4, -0.2) is 52.9 Å². The Morgan fingerprint density at radius 3 is 1.10 bits per heavy atom. The largest absolute Gasteiger partial charge is 0.508 e. The molecule has 0 bridgehead atoms. The number of benzene rings is 7. The number of esters is 1. The molecule has 0 aromatic heterocycles. The number of carbonyl (C=O) groups excluding carboxylic acids is 2. The molecule has 0 atom stereocenters. The maximum atomic E-state index is 12.8. The number of terminal acetylenes is 3. The molecule has 10 nitrogen and oxygen atoms in total. The molecule has 10 heteroatoms. The molecule has 0 fully saturated rings. The van der Waals surface area contributed by atoms with Crippen LogP contribution in [-0.2, 0) is 6.42 Å². The topological polar surface area (TPSA) is 149 Å². The number of aromatic hydroxyl groups is 2. The zero-order valence-corrected chi connectivity index (χ0v) is 39.2. The standard InChI is InChI=1S/C37H32O5.C12H12O3.C12H10O2/c1-3-5-7-25-40-33-19-15-31(16-20-33)36(38)27-28-9-11-29(12-10-28)30-13-23-35(24-14-30)42-37(39)32-17-21-34(22-18-32)41-26-8-6-4-2;1-2-3-4-9-15-11-7-5-10(6-8-11)12(13)14;13-11-5-1-9(2-6-11)10-3-7-12(14)8-4-10/h1-2,9-24H,5-8,25-27H2;1,5-8H,3-4,9H2,(H,13,14);1-8,13-14H. The molecular weight excluding hydrogens is 893 g/mol. The first-order valence-electron chi connectivity index (χ1n) is 22.8. The maximum absolute atomic E-state index is 12.8. The Balaban J connectivity index is 0.000000260. The molecule has 0 aliphatic carbocycles. The molecule has 0 saturated heterocycles. The van der Waals surface area contributed by atoms with Gasteiger partial charge < -0.3 is 34.3 Å². The van der Waals surface area contributed by atoms with Gasteiger partial charge in [-0.1, -0.05) is 60.7 Å². The molecule has 0 unspecified atom stereocenters. The number of hydrogen-bond donors (Lipinski definition) is 3. The monoisotopic (exact) mass is 946 g/mol. The fourth-order valence-electron chi connectivity index (χ4n) is 6.50. The van der Waals surface area contributed by atoms with Crippen LogP contribution in [0.5, 0.6) is 34.5 Å². The highest BCUT2D eigenvalue weighted by Gasteiger charge is 2.11. The van der Waals surface area contributed by atoms with Crippen molar-refractivity contribution >= 4 is 17.7 Å². The summed E-state index contributed by atoms with van der Waals surface area (Å²) in [5, 5.41) is 26.9. The second-order valence-electron chi connectivity index (χ2n) is 15.7. The van der Waals surface area contributed by atoms with Crippen molar-refractivity contribution in [3.8, 4) is 93.8 Å². The van der Waals surface area contributed by atoms with Crippen molar-refractivity contribution < 1.29 is 48.7 Å². The lowest BCUT2D eigenvalue weighted by molar-refractivity contribution is 0.0694. The minimum atomic E-state index is -0.936. The average Bonchev–Trinajstić information content (AvgIpc) is 3.40. The molecule has 0 amide bonds. The fourth-order valence-corrected chi connectivity index (χ4v) is 6.50. The summed E-state index contributed by atoms with van der Waals surface area (Å²) in [6, 6.07) is 49.4. The van der Waals surface area contributed by atoms with Gasteiger partial charge >= 0.3 is 11.9 Å². The number of carboxylic acids is 1. The number of unbranched alkanes of at least 4 members (excludes halogenated alkanes) is 3. The van der Waals surface area contributed by atoms with Gasteiger partial charge in [-0.15, -0.1) is 37.0 Å². The maximum Gasteiger partial charge on any atom is 0.343 e. The molecule has 0 aliphatic heterocycles. The van der Waals surface area contributed by atoms with Crippen LogP contribution in [0.3, 0.4) is 0 Å². The molecule has 3 N–H and O–H groups in total. The summed E-state index contributed by atoms with van der Waals surface area (Å²) in [5.41, 5.74) is 6.25. The summed E-state index contributed by atoms with van der Waals surface area (Å²) in [6.07, 6.45) is 20.3. The molecule has 71 heavy (non-hydrogen) atoms. The third-order valence-corrected chi connectivity index (χ3v) is 10.4. The van der Waals surface area contributed by atoms with E-state index in [1.807, 2.05) is 72.8 Å². The quantitative estimate of drug-likeness (QED) is 0.0222. The first-order valence-corrected chi connectivity index (χ1v) is 22.8. The van der Waals surface area contributed by atoms with E-state index in [4.69, 9.17) is 53.5 Å². The van der Waals surface area contributed by atoms with Crippen LogP contribution < -0.4 is 18.9 Å². The Morgan fingerprint density at radius 2 is 0.732 bits per heavy atom. The van der Waals surface area contributed by atoms with E-state index in [1.165, 1.54) is 12.1 Å². The Labute approximate surface area is 415 Å². The number of ketones is 1. The lowest BCUT2D eigenvalue weighted by Crippen LogP contribution is -2.08. The van der Waals surface area contributed by atoms with Crippen LogP contribution in [0.25, 0.3) is 22.3 Å². The number of ether oxygens (including phenoxy) is 4. The summed E-state index contributed by atoms with van der Waals surface area (Å²) in [7, 11) is 0. The fraction of sp³-hybridized carbons (Fsp3) is 0.164. The molecule has 0 heterocycles. The minimum Gasteiger partial charge on any atom is -0.508 e. The predicted octanol–water partition coefficient (Wildman–Crippen LogP) is 12.5. The number of phenolic OH excluding ortho intramolecular Hbond substituents is 2. The Morgan fingerprint density at radius 1 is 0.408 bits per heavy atom. The van der Waals surface area contributed by atoms with Crippen LogP contribution in [0.4, 0.5) is 0 Å². The predicted molar refractivity (Wildman–Crippen MR) is 277 cm³/mol. The highest BCUT2D eigenvalue weighted by molar-refractivity contribution is 5.97. The Hall–Kier alpha value is -9.17. The van der Waals surface area contributed by atoms with E-state index < -0.39 is 11.9 Å². The van der Waals surface area contributed by atoms with Gasteiger partial charge in [0.1, 0.15) is 34.5 Å². The second-order valence-corrected chi connectivity index (χ2v) is 15.7. The highest BCUT2D eigenvalue weighted by atomic mass is 16.5. The third-order valence-electron chi connectivity index (χ3n) is 10.4. The van der Waals surface area contributed by atoms with E-state index >= 15 is 0 Å². The van der Waals surface area contributed by atoms with Gasteiger partial charge in [-0.25, -0.2) is 9.59 Å². The molecule has 0 spiro atoms. The van der Waals surface area contributed by atoms with Crippen LogP contribution in [0.1, 0.15) is 75.2 Å². The van der Waals surface area contributed by atoms with Gasteiger partial charge in [-0.2, -0.15) is 0 Å². The normalized spacial score (nSPS) is 9.99. The smallest absolute Gasteiger partial charge is 0.343 e. The Kier molecular flexibility index (Phi) is 21.5. The SMILES string of the molecule is C#CCCCOc1ccc(C(=O)Cc2ccc(-c3ccc(OC(=O)c4ccc(OCCCC#C)cc4)cc3)cc2)cc1.C#CCCCOc1ccc(C(=O)O)cc1.Oc1ccc(-c2ccc(O)cc2)cc1. The van der Waals surface area contributed by atoms with Crippen LogP contribution in [0, 0.1) is 37.0 Å². The second kappa shape index (κ2) is 28.9. The van der Waals surface area contributed by atoms with Crippen molar-refractivity contribution in [2.75, 3.05) is 19.8 Å². The van der Waals surface area contributed by atoms with E-state index in [0.29, 0.717) is 73.9 Å². The van der Waals surface area contributed by atoms with Gasteiger partial charge in [-0.05, 0) is 156 Å². The molecule has 0 aliphatic rings. The molecular formula is C61H54O10. The van der Waals surface area contributed by atoms with E-state index in [0.717, 1.165) is 52.8 Å². The highest BCUT2D eigenvalue weighted by Crippen LogP contribution is 2.26. The van der Waals surface area contributed by atoms with Crippen LogP contribution in [0.15, 0.2) is 170 Å². The molecule has 7 rings (SSSR count). The van der Waals surface area contributed by atoms with Crippen molar-refractivity contribution in [3.63, 3.8) is 0 Å². The summed E-state index contributed by atoms with van der Waals surface area (Å²) in [5.74, 6) is 9.36. The summed E-state index contributed by atoms with van der Waals surface area (Å²) in [4.78, 5) is 35.9. The van der Waals surface area contributed by atoms with Gasteiger partial charge in [0.25, 0.3) is 0 Å². The van der Waals surface area contributed by atoms with E-state index in [-0.39, 0.29) is 22.8 Å². The molecule has 358 valence electrons. The number of phenols is 2. The lowest BCUT2D eigenvalue weighted by Gasteiger charge is -2.09. The molecule has 7 aromatic rings. The number of aromatic carboxylic acids is 1. The Bertz CT molecular complexity index is 2700. The van der Waals surface area contributed by atoms with Crippen molar-refractivity contribution in [2.24, 2.45) is 0 Å². The summed E-state index contributed by atoms with van der Waals surface area (Å²) in [6.45, 7) is 1.63. The van der Waals surface area contributed by atoms with Gasteiger partial charge in [0, 0.05) is 31.2 Å². The van der Waals surface area contributed by atoms with E-state index in [1.54, 1.807) is 84.9 Å². The minimum absolute atomic E-state index is 0.0371. The van der Waals surface area contributed by atoms with Gasteiger partial charge in [0.2, 0.25) is 0 Å². The zero-order valence-electron chi connectivity index (χ0n) is 39.2. The lowest BCUT2D eigenvalue weighted by atomic mass is 9.99. The molecule has 0 saturated carbocycles. The number of hydrogen-bond acceptors (Lipinski definition) is 9. The van der Waals surface area contributed by atoms with E-state index in [9.17, 15) is 14.4 Å². The van der Waals surface area contributed by atoms with Crippen LogP contribution in [0.2, 0.25) is 0 Å².